The van der Waals surface area contributed by atoms with Gasteiger partial charge >= 0.3 is 5.97 Å². The standard InChI is InChI=1S/C21H28N2O4/c1-14-10-15(2)12-17(11-14)19(25)23-9-5-6-16(13-23)18(24)22-21(20(26)27)7-3-4-8-21/h10-12,16H,3-9,13H2,1-2H3,(H,22,24)(H,26,27). The first-order valence-electron chi connectivity index (χ1n) is 9.74. The molecule has 0 bridgehead atoms. The molecule has 1 saturated heterocycles. The first kappa shape index (κ1) is 19.4. The van der Waals surface area contributed by atoms with E-state index in [-0.39, 0.29) is 17.7 Å². The van der Waals surface area contributed by atoms with Crippen molar-refractivity contribution < 1.29 is 19.5 Å². The molecule has 2 N–H and O–H groups in total. The summed E-state index contributed by atoms with van der Waals surface area (Å²) in [5.74, 6) is -1.61. The number of likely N-dealkylation sites (tertiary alicyclic amines) is 1. The molecule has 2 aliphatic rings. The second-order valence-electron chi connectivity index (χ2n) is 8.05. The highest BCUT2D eigenvalue weighted by Crippen LogP contribution is 2.31. The van der Waals surface area contributed by atoms with Crippen LogP contribution >= 0.6 is 0 Å². The summed E-state index contributed by atoms with van der Waals surface area (Å²) in [6.45, 7) is 4.89. The van der Waals surface area contributed by atoms with Crippen molar-refractivity contribution in [2.45, 2.75) is 57.9 Å². The molecule has 1 heterocycles. The minimum absolute atomic E-state index is 0.0619. The number of carbonyl (C=O) groups is 3. The normalized spacial score (nSPS) is 21.7. The Morgan fingerprint density at radius 3 is 2.30 bits per heavy atom. The van der Waals surface area contributed by atoms with E-state index in [0.717, 1.165) is 30.4 Å². The lowest BCUT2D eigenvalue weighted by Gasteiger charge is -2.34. The minimum atomic E-state index is -1.13. The highest BCUT2D eigenvalue weighted by molar-refractivity contribution is 5.95. The van der Waals surface area contributed by atoms with Crippen molar-refractivity contribution in [1.82, 2.24) is 10.2 Å². The number of aliphatic carboxylic acids is 1. The van der Waals surface area contributed by atoms with E-state index in [1.165, 1.54) is 0 Å². The van der Waals surface area contributed by atoms with E-state index in [2.05, 4.69) is 5.32 Å². The third kappa shape index (κ3) is 4.15. The average molecular weight is 372 g/mol. The average Bonchev–Trinajstić information content (AvgIpc) is 3.10. The molecule has 146 valence electrons. The molecule has 2 fully saturated rings. The fourth-order valence-corrected chi connectivity index (χ4v) is 4.37. The Balaban J connectivity index is 1.69. The molecule has 1 unspecified atom stereocenters. The Morgan fingerprint density at radius 2 is 1.70 bits per heavy atom. The number of carbonyl (C=O) groups excluding carboxylic acids is 2. The number of carboxylic acids is 1. The third-order valence-corrected chi connectivity index (χ3v) is 5.78. The fourth-order valence-electron chi connectivity index (χ4n) is 4.37. The van der Waals surface area contributed by atoms with Crippen LogP contribution in [-0.4, -0.2) is 46.4 Å². The van der Waals surface area contributed by atoms with Gasteiger partial charge in [0, 0.05) is 18.7 Å². The summed E-state index contributed by atoms with van der Waals surface area (Å²) in [4.78, 5) is 39.1. The number of nitrogens with zero attached hydrogens (tertiary/aromatic N) is 1. The molecular weight excluding hydrogens is 344 g/mol. The molecule has 6 nitrogen and oxygen atoms in total. The molecule has 0 spiro atoms. The van der Waals surface area contributed by atoms with E-state index in [1.807, 2.05) is 32.0 Å². The molecule has 1 aliphatic carbocycles. The molecule has 3 rings (SSSR count). The molecule has 2 amide bonds. The lowest BCUT2D eigenvalue weighted by molar-refractivity contribution is -0.148. The topological polar surface area (TPSA) is 86.7 Å². The van der Waals surface area contributed by atoms with Crippen molar-refractivity contribution in [3.05, 3.63) is 34.9 Å². The first-order valence-corrected chi connectivity index (χ1v) is 9.74. The van der Waals surface area contributed by atoms with Gasteiger partial charge in [-0.1, -0.05) is 30.0 Å². The van der Waals surface area contributed by atoms with Gasteiger partial charge in [0.2, 0.25) is 5.91 Å². The zero-order valence-electron chi connectivity index (χ0n) is 16.1. The molecule has 6 heteroatoms. The molecule has 27 heavy (non-hydrogen) atoms. The van der Waals surface area contributed by atoms with Crippen LogP contribution < -0.4 is 5.32 Å². The largest absolute Gasteiger partial charge is 0.480 e. The quantitative estimate of drug-likeness (QED) is 0.851. The molecule has 1 aromatic rings. The van der Waals surface area contributed by atoms with Crippen LogP contribution in [0, 0.1) is 19.8 Å². The Kier molecular flexibility index (Phi) is 5.53. The van der Waals surface area contributed by atoms with Gasteiger partial charge in [0.1, 0.15) is 5.54 Å². The van der Waals surface area contributed by atoms with Crippen molar-refractivity contribution >= 4 is 17.8 Å². The fraction of sp³-hybridized carbons (Fsp3) is 0.571. The summed E-state index contributed by atoms with van der Waals surface area (Å²) in [6, 6.07) is 5.77. The lowest BCUT2D eigenvalue weighted by Crippen LogP contribution is -2.56. The predicted octanol–water partition coefficient (Wildman–Crippen LogP) is 2.67. The van der Waals surface area contributed by atoms with Crippen LogP contribution in [-0.2, 0) is 9.59 Å². The number of nitrogens with one attached hydrogen (secondary N) is 1. The zero-order valence-corrected chi connectivity index (χ0v) is 16.1. The van der Waals surface area contributed by atoms with Gasteiger partial charge in [0.05, 0.1) is 5.92 Å². The maximum Gasteiger partial charge on any atom is 0.329 e. The maximum absolute atomic E-state index is 12.9. The third-order valence-electron chi connectivity index (χ3n) is 5.78. The van der Waals surface area contributed by atoms with Crippen LogP contribution in [0.25, 0.3) is 0 Å². The number of benzene rings is 1. The van der Waals surface area contributed by atoms with Gasteiger partial charge in [-0.25, -0.2) is 4.79 Å². The summed E-state index contributed by atoms with van der Waals surface area (Å²) in [7, 11) is 0. The SMILES string of the molecule is Cc1cc(C)cc(C(=O)N2CCCC(C(=O)NC3(C(=O)O)CCCC3)C2)c1. The van der Waals surface area contributed by atoms with E-state index in [0.29, 0.717) is 37.9 Å². The van der Waals surface area contributed by atoms with Crippen LogP contribution in [0.5, 0.6) is 0 Å². The number of rotatable bonds is 4. The van der Waals surface area contributed by atoms with E-state index in [4.69, 9.17) is 0 Å². The van der Waals surface area contributed by atoms with Crippen LogP contribution in [0.2, 0.25) is 0 Å². The minimum Gasteiger partial charge on any atom is -0.480 e. The van der Waals surface area contributed by atoms with Crippen LogP contribution in [0.1, 0.15) is 60.0 Å². The van der Waals surface area contributed by atoms with Gasteiger partial charge in [0.15, 0.2) is 0 Å². The number of piperidine rings is 1. The van der Waals surface area contributed by atoms with Gasteiger partial charge in [-0.3, -0.25) is 9.59 Å². The molecule has 1 aromatic carbocycles. The summed E-state index contributed by atoms with van der Waals surface area (Å²) in [5, 5.41) is 12.4. The Hall–Kier alpha value is -2.37. The summed E-state index contributed by atoms with van der Waals surface area (Å²) >= 11 is 0. The second kappa shape index (κ2) is 7.71. The number of amides is 2. The molecule has 0 aromatic heterocycles. The van der Waals surface area contributed by atoms with Gasteiger partial charge in [-0.15, -0.1) is 0 Å². The van der Waals surface area contributed by atoms with E-state index < -0.39 is 11.5 Å². The van der Waals surface area contributed by atoms with Crippen molar-refractivity contribution in [3.8, 4) is 0 Å². The van der Waals surface area contributed by atoms with E-state index in [1.54, 1.807) is 4.90 Å². The number of hydrogen-bond donors (Lipinski definition) is 2. The molecule has 1 saturated carbocycles. The van der Waals surface area contributed by atoms with Gasteiger partial charge < -0.3 is 15.3 Å². The summed E-state index contributed by atoms with van der Waals surface area (Å²) in [6.07, 6.45) is 4.01. The lowest BCUT2D eigenvalue weighted by atomic mass is 9.92. The molecule has 1 aliphatic heterocycles. The van der Waals surface area contributed by atoms with E-state index in [9.17, 15) is 19.5 Å². The van der Waals surface area contributed by atoms with Gasteiger partial charge in [-0.05, 0) is 51.7 Å². The molecule has 1 atom stereocenters. The van der Waals surface area contributed by atoms with Crippen molar-refractivity contribution in [2.24, 2.45) is 5.92 Å². The monoisotopic (exact) mass is 372 g/mol. The second-order valence-corrected chi connectivity index (χ2v) is 8.05. The van der Waals surface area contributed by atoms with Crippen LogP contribution in [0.15, 0.2) is 18.2 Å². The highest BCUT2D eigenvalue weighted by atomic mass is 16.4. The molecule has 0 radical (unpaired) electrons. The van der Waals surface area contributed by atoms with Crippen molar-refractivity contribution in [3.63, 3.8) is 0 Å². The van der Waals surface area contributed by atoms with Crippen molar-refractivity contribution in [2.75, 3.05) is 13.1 Å². The number of carboxylic acid groups (broad SMARTS) is 1. The van der Waals surface area contributed by atoms with Gasteiger partial charge in [0.25, 0.3) is 5.91 Å². The maximum atomic E-state index is 12.9. The predicted molar refractivity (Wildman–Crippen MR) is 102 cm³/mol. The molecular formula is C21H28N2O4. The van der Waals surface area contributed by atoms with Crippen LogP contribution in [0.3, 0.4) is 0 Å². The van der Waals surface area contributed by atoms with Crippen molar-refractivity contribution in [1.29, 1.82) is 0 Å². The first-order chi connectivity index (χ1) is 12.8. The Morgan fingerprint density at radius 1 is 1.07 bits per heavy atom. The van der Waals surface area contributed by atoms with Gasteiger partial charge in [-0.2, -0.15) is 0 Å². The Bertz CT molecular complexity index is 732. The highest BCUT2D eigenvalue weighted by Gasteiger charge is 2.44. The van der Waals surface area contributed by atoms with Crippen LogP contribution in [0.4, 0.5) is 0 Å². The summed E-state index contributed by atoms with van der Waals surface area (Å²) in [5.41, 5.74) is 1.59. The number of aryl methyl sites for hydroxylation is 2. The Labute approximate surface area is 159 Å². The number of hydrogen-bond acceptors (Lipinski definition) is 3. The summed E-state index contributed by atoms with van der Waals surface area (Å²) < 4.78 is 0. The zero-order chi connectivity index (χ0) is 19.6. The van der Waals surface area contributed by atoms with E-state index >= 15 is 0 Å². The smallest absolute Gasteiger partial charge is 0.329 e.